The number of nitrogens with zero attached hydrogens (tertiary/aromatic N) is 1. The number of Topliss-reactive ketones (excluding diaryl/α,β-unsaturated/α-hetero) is 1. The molecule has 3 rings (SSSR count). The summed E-state index contributed by atoms with van der Waals surface area (Å²) in [5, 5.41) is 5.48. The van der Waals surface area contributed by atoms with Gasteiger partial charge in [0.05, 0.1) is 0 Å². The van der Waals surface area contributed by atoms with E-state index in [0.29, 0.717) is 13.0 Å². The molecule has 0 bridgehead atoms. The number of benzene rings is 2. The molecule has 0 saturated carbocycles. The van der Waals surface area contributed by atoms with Gasteiger partial charge in [-0.1, -0.05) is 67.6 Å². The van der Waals surface area contributed by atoms with Crippen LogP contribution in [0.5, 0.6) is 0 Å². The lowest BCUT2D eigenvalue weighted by atomic mass is 10.0. The first-order chi connectivity index (χ1) is 17.0. The van der Waals surface area contributed by atoms with E-state index in [0.717, 1.165) is 11.1 Å². The topological polar surface area (TPSA) is 105 Å². The van der Waals surface area contributed by atoms with Crippen molar-refractivity contribution >= 4 is 23.7 Å². The summed E-state index contributed by atoms with van der Waals surface area (Å²) < 4.78 is 5.29. The molecular formula is C28H35N3O5. The summed E-state index contributed by atoms with van der Waals surface area (Å²) in [4.78, 5) is 53.6. The van der Waals surface area contributed by atoms with Gasteiger partial charge >= 0.3 is 6.09 Å². The number of carbonyl (C=O) groups excluding carboxylic acids is 4. The molecule has 1 fully saturated rings. The smallest absolute Gasteiger partial charge is 0.408 e. The molecule has 0 radical (unpaired) electrons. The van der Waals surface area contributed by atoms with Crippen molar-refractivity contribution in [2.24, 2.45) is 5.92 Å². The third kappa shape index (κ3) is 7.66. The molecule has 0 spiro atoms. The van der Waals surface area contributed by atoms with Crippen molar-refractivity contribution in [3.63, 3.8) is 0 Å². The number of rotatable bonds is 8. The van der Waals surface area contributed by atoms with Crippen molar-refractivity contribution < 1.29 is 23.9 Å². The largest absolute Gasteiger partial charge is 0.445 e. The maximum Gasteiger partial charge on any atom is 0.408 e. The van der Waals surface area contributed by atoms with E-state index in [2.05, 4.69) is 10.6 Å². The third-order valence-electron chi connectivity index (χ3n) is 5.89. The number of carbonyl (C=O) groups is 4. The molecule has 8 nitrogen and oxygen atoms in total. The highest BCUT2D eigenvalue weighted by atomic mass is 16.5. The second-order valence-electron chi connectivity index (χ2n) is 10.4. The van der Waals surface area contributed by atoms with Crippen LogP contribution in [0.15, 0.2) is 60.7 Å². The zero-order chi connectivity index (χ0) is 26.3. The lowest BCUT2D eigenvalue weighted by Crippen LogP contribution is -2.55. The van der Waals surface area contributed by atoms with E-state index in [1.165, 1.54) is 4.90 Å². The van der Waals surface area contributed by atoms with Crippen LogP contribution >= 0.6 is 0 Å². The van der Waals surface area contributed by atoms with Crippen LogP contribution in [0, 0.1) is 5.92 Å². The van der Waals surface area contributed by atoms with Crippen LogP contribution in [0.3, 0.4) is 0 Å². The minimum Gasteiger partial charge on any atom is -0.445 e. The Morgan fingerprint density at radius 1 is 0.972 bits per heavy atom. The van der Waals surface area contributed by atoms with Gasteiger partial charge in [0, 0.05) is 18.5 Å². The number of hydrogen-bond donors (Lipinski definition) is 2. The Hall–Kier alpha value is -3.68. The predicted octanol–water partition coefficient (Wildman–Crippen LogP) is 3.24. The van der Waals surface area contributed by atoms with Gasteiger partial charge in [-0.2, -0.15) is 0 Å². The van der Waals surface area contributed by atoms with E-state index >= 15 is 0 Å². The maximum absolute atomic E-state index is 13.4. The first kappa shape index (κ1) is 26.9. The Morgan fingerprint density at radius 3 is 2.14 bits per heavy atom. The standard InChI is InChI=1S/C28H35N3O5/c1-19-15-23(25(33)30-28(2,3)4)31(17-19)26(34)24(32)22(16-20-11-7-5-8-12-20)29-27(35)36-18-21-13-9-6-10-14-21/h5-14,19,22-23H,15-18H2,1-4H3,(H,29,35)(H,30,33)/t19-,22?,23+/m0/s1. The Bertz CT molecular complexity index is 1070. The van der Waals surface area contributed by atoms with Gasteiger partial charge in [0.1, 0.15) is 18.7 Å². The van der Waals surface area contributed by atoms with Crippen LogP contribution in [-0.4, -0.2) is 52.8 Å². The predicted molar refractivity (Wildman–Crippen MR) is 136 cm³/mol. The number of likely N-dealkylation sites (tertiary alicyclic amines) is 1. The summed E-state index contributed by atoms with van der Waals surface area (Å²) in [7, 11) is 0. The lowest BCUT2D eigenvalue weighted by Gasteiger charge is -2.29. The number of amides is 3. The number of ketones is 1. The van der Waals surface area contributed by atoms with Gasteiger partial charge in [-0.15, -0.1) is 0 Å². The molecule has 1 saturated heterocycles. The SMILES string of the molecule is C[C@H]1C[C@H](C(=O)NC(C)(C)C)N(C(=O)C(=O)C(Cc2ccccc2)NC(=O)OCc2ccccc2)C1. The fraction of sp³-hybridized carbons (Fsp3) is 0.429. The molecule has 1 aliphatic heterocycles. The van der Waals surface area contributed by atoms with E-state index in [1.807, 2.05) is 88.4 Å². The van der Waals surface area contributed by atoms with Gasteiger partial charge in [-0.3, -0.25) is 14.4 Å². The van der Waals surface area contributed by atoms with Crippen LogP contribution in [0.25, 0.3) is 0 Å². The quantitative estimate of drug-likeness (QED) is 0.550. The normalized spacial score (nSPS) is 18.3. The molecule has 192 valence electrons. The zero-order valence-electron chi connectivity index (χ0n) is 21.3. The van der Waals surface area contributed by atoms with Crippen LogP contribution in [0.4, 0.5) is 4.79 Å². The number of hydrogen-bond acceptors (Lipinski definition) is 5. The molecule has 0 aliphatic carbocycles. The molecule has 36 heavy (non-hydrogen) atoms. The van der Waals surface area contributed by atoms with Crippen molar-refractivity contribution in [2.45, 2.75) is 64.8 Å². The number of ether oxygens (including phenoxy) is 1. The zero-order valence-corrected chi connectivity index (χ0v) is 21.3. The minimum absolute atomic E-state index is 0.0333. The Balaban J connectivity index is 1.74. The summed E-state index contributed by atoms with van der Waals surface area (Å²) in [6.07, 6.45) is -0.206. The van der Waals surface area contributed by atoms with Gasteiger partial charge in [0.2, 0.25) is 11.7 Å². The monoisotopic (exact) mass is 493 g/mol. The summed E-state index contributed by atoms with van der Waals surface area (Å²) >= 11 is 0. The van der Waals surface area contributed by atoms with Gasteiger partial charge in [-0.25, -0.2) is 4.79 Å². The van der Waals surface area contributed by atoms with Crippen molar-refractivity contribution in [3.05, 3.63) is 71.8 Å². The second-order valence-corrected chi connectivity index (χ2v) is 10.4. The van der Waals surface area contributed by atoms with Gasteiger partial charge in [0.15, 0.2) is 0 Å². The van der Waals surface area contributed by atoms with Crippen LogP contribution in [0.2, 0.25) is 0 Å². The summed E-state index contributed by atoms with van der Waals surface area (Å²) in [5.74, 6) is -1.78. The summed E-state index contributed by atoms with van der Waals surface area (Å²) in [6.45, 7) is 7.86. The maximum atomic E-state index is 13.4. The van der Waals surface area contributed by atoms with Gasteiger partial charge in [0.25, 0.3) is 5.91 Å². The van der Waals surface area contributed by atoms with Crippen molar-refractivity contribution in [1.29, 1.82) is 0 Å². The third-order valence-corrected chi connectivity index (χ3v) is 5.89. The van der Waals surface area contributed by atoms with Crippen LogP contribution in [0.1, 0.15) is 45.2 Å². The molecule has 1 heterocycles. The molecule has 3 amide bonds. The molecule has 2 aromatic carbocycles. The van der Waals surface area contributed by atoms with Crippen molar-refractivity contribution in [2.75, 3.05) is 6.54 Å². The summed E-state index contributed by atoms with van der Waals surface area (Å²) in [5.41, 5.74) is 1.11. The number of alkyl carbamates (subject to hydrolysis) is 1. The highest BCUT2D eigenvalue weighted by Crippen LogP contribution is 2.24. The second kappa shape index (κ2) is 11.8. The lowest BCUT2D eigenvalue weighted by molar-refractivity contribution is -0.148. The van der Waals surface area contributed by atoms with E-state index < -0.39 is 35.4 Å². The van der Waals surface area contributed by atoms with Gasteiger partial charge < -0.3 is 20.3 Å². The number of nitrogens with one attached hydrogen (secondary N) is 2. The van der Waals surface area contributed by atoms with E-state index in [1.54, 1.807) is 0 Å². The van der Waals surface area contributed by atoms with E-state index in [-0.39, 0.29) is 24.9 Å². The van der Waals surface area contributed by atoms with E-state index in [9.17, 15) is 19.2 Å². The average Bonchev–Trinajstić information content (AvgIpc) is 3.23. The molecule has 2 aromatic rings. The van der Waals surface area contributed by atoms with Gasteiger partial charge in [-0.05, 0) is 44.2 Å². The molecule has 1 aliphatic rings. The van der Waals surface area contributed by atoms with Crippen molar-refractivity contribution in [3.8, 4) is 0 Å². The molecule has 2 N–H and O–H groups in total. The van der Waals surface area contributed by atoms with E-state index in [4.69, 9.17) is 4.74 Å². The van der Waals surface area contributed by atoms with Crippen LogP contribution < -0.4 is 10.6 Å². The first-order valence-electron chi connectivity index (χ1n) is 12.2. The highest BCUT2D eigenvalue weighted by Gasteiger charge is 2.42. The Morgan fingerprint density at radius 2 is 1.56 bits per heavy atom. The summed E-state index contributed by atoms with van der Waals surface area (Å²) in [6, 6.07) is 16.4. The fourth-order valence-electron chi connectivity index (χ4n) is 4.23. The molecule has 8 heteroatoms. The minimum atomic E-state index is -1.13. The highest BCUT2D eigenvalue weighted by molar-refractivity contribution is 6.38. The average molecular weight is 494 g/mol. The Kier molecular flexibility index (Phi) is 8.85. The first-order valence-corrected chi connectivity index (χ1v) is 12.2. The van der Waals surface area contributed by atoms with Crippen LogP contribution in [-0.2, 0) is 32.1 Å². The Labute approximate surface area is 212 Å². The molecule has 1 unspecified atom stereocenters. The molecule has 0 aromatic heterocycles. The fourth-order valence-corrected chi connectivity index (χ4v) is 4.23. The molecule has 3 atom stereocenters. The van der Waals surface area contributed by atoms with Crippen molar-refractivity contribution in [1.82, 2.24) is 15.5 Å². The molecular weight excluding hydrogens is 458 g/mol.